The molecule has 1 N–H and O–H groups in total. The van der Waals surface area contributed by atoms with Crippen LogP contribution in [0.5, 0.6) is 5.75 Å². The molecule has 0 aliphatic heterocycles. The molecule has 0 unspecified atom stereocenters. The van der Waals surface area contributed by atoms with Gasteiger partial charge in [-0.1, -0.05) is 0 Å². The van der Waals surface area contributed by atoms with Crippen molar-refractivity contribution in [1.82, 2.24) is 24.4 Å². The van der Waals surface area contributed by atoms with Crippen LogP contribution in [0.15, 0.2) is 43.0 Å². The number of aromatic nitrogens is 5. The first-order chi connectivity index (χ1) is 16.6. The Morgan fingerprint density at radius 2 is 2.00 bits per heavy atom. The summed E-state index contributed by atoms with van der Waals surface area (Å²) in [5.41, 5.74) is 1.85. The van der Waals surface area contributed by atoms with E-state index in [-0.39, 0.29) is 0 Å². The molecule has 4 rings (SSSR count). The van der Waals surface area contributed by atoms with Crippen molar-refractivity contribution in [2.24, 2.45) is 7.05 Å². The number of ether oxygens (including phenoxy) is 2. The molecule has 0 spiro atoms. The highest BCUT2D eigenvalue weighted by molar-refractivity contribution is 5.90. The number of fused-ring (bicyclic) bond motifs is 1. The lowest BCUT2D eigenvalue weighted by Gasteiger charge is -2.20. The molecule has 0 saturated carbocycles. The van der Waals surface area contributed by atoms with Gasteiger partial charge in [0.25, 0.3) is 0 Å². The van der Waals surface area contributed by atoms with Crippen LogP contribution in [-0.4, -0.2) is 36.1 Å². The van der Waals surface area contributed by atoms with E-state index in [0.29, 0.717) is 39.5 Å². The van der Waals surface area contributed by atoms with Crippen LogP contribution in [-0.2, 0) is 11.8 Å². The lowest BCUT2D eigenvalue weighted by molar-refractivity contribution is 0.0634. The van der Waals surface area contributed by atoms with E-state index in [4.69, 9.17) is 9.47 Å². The molecule has 180 valence electrons. The molecule has 0 saturated heterocycles. The van der Waals surface area contributed by atoms with Crippen LogP contribution in [0.3, 0.4) is 0 Å². The maximum absolute atomic E-state index is 13.3. The van der Waals surface area contributed by atoms with Gasteiger partial charge in [-0.2, -0.15) is 15.5 Å². The van der Waals surface area contributed by atoms with Gasteiger partial charge in [0.15, 0.2) is 0 Å². The number of halogens is 1. The van der Waals surface area contributed by atoms with Crippen molar-refractivity contribution in [3.63, 3.8) is 0 Å². The van der Waals surface area contributed by atoms with E-state index in [0.717, 1.165) is 6.20 Å². The first kappa shape index (κ1) is 23.7. The number of pyridine rings is 2. The zero-order valence-electron chi connectivity index (χ0n) is 19.9. The van der Waals surface area contributed by atoms with Crippen LogP contribution in [0, 0.1) is 17.1 Å². The Balaban J connectivity index is 1.76. The van der Waals surface area contributed by atoms with Gasteiger partial charge in [-0.25, -0.2) is 13.7 Å². The Morgan fingerprint density at radius 3 is 2.66 bits per heavy atom. The SMILES string of the molecule is C[C@@H](Oc1cc(-c2cnn(C)c2NC(=O)OC(C)(C)C)cn2ncc(C#N)c12)c1ccc(F)cn1. The number of aryl methyl sites for hydroxylation is 1. The standard InChI is InChI=1S/C24H24FN7O3/c1-14(19-7-6-17(25)11-27-19)34-20-8-15(13-32-21(20)16(9-26)10-29-32)18-12-28-31(5)22(18)30-23(33)35-24(2,3)4/h6-8,10-14H,1-5H3,(H,30,33)/t14-/m1/s1. The molecule has 35 heavy (non-hydrogen) atoms. The Hall–Kier alpha value is -4.46. The fraction of sp³-hybridized carbons (Fsp3) is 0.292. The zero-order valence-corrected chi connectivity index (χ0v) is 19.9. The number of anilines is 1. The monoisotopic (exact) mass is 477 g/mol. The van der Waals surface area contributed by atoms with Gasteiger partial charge in [0, 0.05) is 24.4 Å². The van der Waals surface area contributed by atoms with Gasteiger partial charge >= 0.3 is 6.09 Å². The summed E-state index contributed by atoms with van der Waals surface area (Å²) in [5.74, 6) is 0.321. The molecular formula is C24H24FN7O3. The van der Waals surface area contributed by atoms with Crippen molar-refractivity contribution in [1.29, 1.82) is 5.26 Å². The summed E-state index contributed by atoms with van der Waals surface area (Å²) in [6.07, 6.45) is 4.69. The van der Waals surface area contributed by atoms with Gasteiger partial charge in [0.05, 0.1) is 24.3 Å². The number of hydrogen-bond acceptors (Lipinski definition) is 7. The van der Waals surface area contributed by atoms with Crippen molar-refractivity contribution >= 4 is 17.4 Å². The van der Waals surface area contributed by atoms with E-state index >= 15 is 0 Å². The van der Waals surface area contributed by atoms with Gasteiger partial charge in [-0.05, 0) is 45.9 Å². The molecule has 0 aromatic carbocycles. The molecule has 1 amide bonds. The first-order valence-corrected chi connectivity index (χ1v) is 10.8. The molecule has 0 aliphatic carbocycles. The highest BCUT2D eigenvalue weighted by Crippen LogP contribution is 2.35. The molecule has 0 bridgehead atoms. The Kier molecular flexibility index (Phi) is 6.13. The maximum Gasteiger partial charge on any atom is 0.413 e. The highest BCUT2D eigenvalue weighted by atomic mass is 19.1. The Morgan fingerprint density at radius 1 is 1.23 bits per heavy atom. The quantitative estimate of drug-likeness (QED) is 0.445. The molecule has 0 fully saturated rings. The van der Waals surface area contributed by atoms with Gasteiger partial charge in [0.1, 0.15) is 46.2 Å². The van der Waals surface area contributed by atoms with E-state index < -0.39 is 23.6 Å². The fourth-order valence-corrected chi connectivity index (χ4v) is 3.48. The third-order valence-corrected chi connectivity index (χ3v) is 5.04. The average molecular weight is 478 g/mol. The molecule has 11 heteroatoms. The van der Waals surface area contributed by atoms with Crippen molar-refractivity contribution in [3.8, 4) is 22.9 Å². The van der Waals surface area contributed by atoms with Crippen molar-refractivity contribution < 1.29 is 18.7 Å². The molecule has 0 radical (unpaired) electrons. The number of amides is 1. The van der Waals surface area contributed by atoms with Gasteiger partial charge in [-0.15, -0.1) is 0 Å². The third-order valence-electron chi connectivity index (χ3n) is 5.04. The second kappa shape index (κ2) is 9.06. The second-order valence-corrected chi connectivity index (χ2v) is 8.87. The molecule has 4 aromatic heterocycles. The topological polar surface area (TPSA) is 119 Å². The van der Waals surface area contributed by atoms with Gasteiger partial charge < -0.3 is 9.47 Å². The largest absolute Gasteiger partial charge is 0.482 e. The Bertz CT molecular complexity index is 1430. The lowest BCUT2D eigenvalue weighted by Crippen LogP contribution is -2.28. The normalized spacial score (nSPS) is 12.3. The fourth-order valence-electron chi connectivity index (χ4n) is 3.48. The summed E-state index contributed by atoms with van der Waals surface area (Å²) in [7, 11) is 1.69. The van der Waals surface area contributed by atoms with E-state index in [1.807, 2.05) is 0 Å². The molecule has 4 aromatic rings. The number of carbonyl (C=O) groups is 1. The first-order valence-electron chi connectivity index (χ1n) is 10.8. The van der Waals surface area contributed by atoms with Crippen LogP contribution in [0.25, 0.3) is 16.6 Å². The predicted octanol–water partition coefficient (Wildman–Crippen LogP) is 4.63. The number of nitrogens with one attached hydrogen (secondary N) is 1. The van der Waals surface area contributed by atoms with Crippen molar-refractivity contribution in [2.45, 2.75) is 39.4 Å². The second-order valence-electron chi connectivity index (χ2n) is 8.87. The van der Waals surface area contributed by atoms with E-state index in [9.17, 15) is 14.4 Å². The summed E-state index contributed by atoms with van der Waals surface area (Å²) < 4.78 is 27.9. The summed E-state index contributed by atoms with van der Waals surface area (Å²) in [6, 6.07) is 6.68. The van der Waals surface area contributed by atoms with E-state index in [2.05, 4.69) is 26.6 Å². The summed E-state index contributed by atoms with van der Waals surface area (Å²) in [4.78, 5) is 16.5. The third kappa shape index (κ3) is 5.06. The van der Waals surface area contributed by atoms with Gasteiger partial charge in [-0.3, -0.25) is 15.0 Å². The molecular weight excluding hydrogens is 453 g/mol. The van der Waals surface area contributed by atoms with Crippen LogP contribution in [0.1, 0.15) is 45.1 Å². The summed E-state index contributed by atoms with van der Waals surface area (Å²) in [6.45, 7) is 7.09. The van der Waals surface area contributed by atoms with Crippen LogP contribution >= 0.6 is 0 Å². The molecule has 4 heterocycles. The highest BCUT2D eigenvalue weighted by Gasteiger charge is 2.22. The number of nitrogens with zero attached hydrogens (tertiary/aromatic N) is 6. The molecule has 10 nitrogen and oxygen atoms in total. The number of carbonyl (C=O) groups excluding carboxylic acids is 1. The minimum Gasteiger partial charge on any atom is -0.482 e. The van der Waals surface area contributed by atoms with Crippen molar-refractivity contribution in [2.75, 3.05) is 5.32 Å². The van der Waals surface area contributed by atoms with E-state index in [1.165, 1.54) is 27.5 Å². The van der Waals surface area contributed by atoms with Crippen LogP contribution < -0.4 is 10.1 Å². The maximum atomic E-state index is 13.3. The average Bonchev–Trinajstić information content (AvgIpc) is 3.36. The molecule has 1 atom stereocenters. The van der Waals surface area contributed by atoms with Crippen LogP contribution in [0.4, 0.5) is 15.0 Å². The van der Waals surface area contributed by atoms with Gasteiger partial charge in [0.2, 0.25) is 0 Å². The summed E-state index contributed by atoms with van der Waals surface area (Å²) in [5, 5.41) is 20.9. The smallest absolute Gasteiger partial charge is 0.413 e. The van der Waals surface area contributed by atoms with Crippen LogP contribution in [0.2, 0.25) is 0 Å². The minimum atomic E-state index is -0.671. The number of rotatable bonds is 5. The molecule has 0 aliphatic rings. The van der Waals surface area contributed by atoms with Crippen molar-refractivity contribution in [3.05, 3.63) is 60.1 Å². The lowest BCUT2D eigenvalue weighted by atomic mass is 10.1. The number of nitriles is 1. The zero-order chi connectivity index (χ0) is 25.3. The predicted molar refractivity (Wildman–Crippen MR) is 125 cm³/mol. The summed E-state index contributed by atoms with van der Waals surface area (Å²) >= 11 is 0. The number of hydrogen-bond donors (Lipinski definition) is 1. The Labute approximate surface area is 200 Å². The van der Waals surface area contributed by atoms with E-state index in [1.54, 1.807) is 53.2 Å². The minimum absolute atomic E-state index is 0.323.